The fourth-order valence-electron chi connectivity index (χ4n) is 4.60. The Morgan fingerprint density at radius 2 is 1.87 bits per heavy atom. The molecule has 31 heavy (non-hydrogen) atoms. The molecule has 2 aliphatic rings. The molecule has 1 aliphatic carbocycles. The van der Waals surface area contributed by atoms with Gasteiger partial charge in [-0.2, -0.15) is 0 Å². The SMILES string of the molecule is CC1=CC(C)(C)N(c2nc(N=CC=C(N)OCC3C(C)(C)C3(C)C)ccc2C(N)=O)C1. The van der Waals surface area contributed by atoms with Crippen LogP contribution in [0.1, 0.15) is 58.8 Å². The quantitative estimate of drug-likeness (QED) is 0.391. The lowest BCUT2D eigenvalue weighted by molar-refractivity contribution is 0.100. The van der Waals surface area contributed by atoms with E-state index in [1.807, 2.05) is 0 Å². The van der Waals surface area contributed by atoms with Crippen LogP contribution in [0.2, 0.25) is 0 Å². The van der Waals surface area contributed by atoms with E-state index in [-0.39, 0.29) is 16.4 Å². The van der Waals surface area contributed by atoms with Gasteiger partial charge in [0.1, 0.15) is 5.82 Å². The standard InChI is InChI=1S/C24H35N5O2/c1-15-12-22(2,3)29(13-15)21-16(20(26)30)8-9-19(28-21)27-11-10-18(25)31-14-17-23(4,5)24(17,6)7/h8-12,17H,13-14,25H2,1-7H3,(H2,26,30). The van der Waals surface area contributed by atoms with Crippen LogP contribution in [-0.4, -0.2) is 35.8 Å². The third-order valence-electron chi connectivity index (χ3n) is 7.27. The molecule has 0 radical (unpaired) electrons. The van der Waals surface area contributed by atoms with Gasteiger partial charge in [-0.3, -0.25) is 4.79 Å². The molecule has 0 unspecified atom stereocenters. The molecule has 1 aliphatic heterocycles. The van der Waals surface area contributed by atoms with E-state index in [1.54, 1.807) is 24.4 Å². The van der Waals surface area contributed by atoms with Crippen molar-refractivity contribution in [3.8, 4) is 0 Å². The summed E-state index contributed by atoms with van der Waals surface area (Å²) in [6.07, 6.45) is 5.35. The van der Waals surface area contributed by atoms with E-state index in [0.29, 0.717) is 42.2 Å². The zero-order chi connectivity index (χ0) is 23.2. The van der Waals surface area contributed by atoms with Crippen molar-refractivity contribution in [3.05, 3.63) is 41.3 Å². The highest BCUT2D eigenvalue weighted by Gasteiger charge is 2.64. The van der Waals surface area contributed by atoms with E-state index in [4.69, 9.17) is 16.2 Å². The van der Waals surface area contributed by atoms with E-state index in [0.717, 1.165) is 0 Å². The average Bonchev–Trinajstić information content (AvgIpc) is 2.88. The molecule has 0 atom stereocenters. The van der Waals surface area contributed by atoms with Gasteiger partial charge in [0.05, 0.1) is 17.7 Å². The van der Waals surface area contributed by atoms with Crippen LogP contribution in [0.15, 0.2) is 40.7 Å². The third kappa shape index (κ3) is 4.31. The van der Waals surface area contributed by atoms with Crippen LogP contribution in [0.3, 0.4) is 0 Å². The molecular weight excluding hydrogens is 390 g/mol. The minimum Gasteiger partial charge on any atom is -0.479 e. The van der Waals surface area contributed by atoms with E-state index >= 15 is 0 Å². The highest BCUT2D eigenvalue weighted by atomic mass is 16.5. The first-order valence-electron chi connectivity index (χ1n) is 10.7. The number of ether oxygens (including phenoxy) is 1. The van der Waals surface area contributed by atoms with Gasteiger partial charge in [-0.1, -0.05) is 39.3 Å². The summed E-state index contributed by atoms with van der Waals surface area (Å²) >= 11 is 0. The number of carbonyl (C=O) groups excluding carboxylic acids is 1. The average molecular weight is 426 g/mol. The number of primary amides is 1. The number of amides is 1. The number of hydrogen-bond donors (Lipinski definition) is 2. The Labute approximate surface area is 185 Å². The molecule has 2 heterocycles. The normalized spacial score (nSPS) is 22.0. The molecule has 1 aromatic rings. The lowest BCUT2D eigenvalue weighted by Gasteiger charge is -2.33. The predicted octanol–water partition coefficient (Wildman–Crippen LogP) is 3.93. The summed E-state index contributed by atoms with van der Waals surface area (Å²) in [6.45, 7) is 16.5. The highest BCUT2D eigenvalue weighted by Crippen LogP contribution is 2.68. The number of pyridine rings is 1. The number of aliphatic imine (C=N–C) groups is 1. The number of anilines is 1. The van der Waals surface area contributed by atoms with E-state index in [1.165, 1.54) is 5.57 Å². The molecule has 3 rings (SSSR count). The Morgan fingerprint density at radius 3 is 2.39 bits per heavy atom. The van der Waals surface area contributed by atoms with Crippen molar-refractivity contribution in [2.45, 2.75) is 54.0 Å². The van der Waals surface area contributed by atoms with Crippen molar-refractivity contribution < 1.29 is 9.53 Å². The Hall–Kier alpha value is -2.83. The molecular formula is C24H35N5O2. The minimum atomic E-state index is -0.512. The number of nitrogens with zero attached hydrogens (tertiary/aromatic N) is 3. The molecule has 1 aromatic heterocycles. The van der Waals surface area contributed by atoms with Gasteiger partial charge in [-0.25, -0.2) is 9.98 Å². The number of nitrogens with two attached hydrogens (primary N) is 2. The van der Waals surface area contributed by atoms with Crippen LogP contribution in [0.4, 0.5) is 11.6 Å². The summed E-state index contributed by atoms with van der Waals surface area (Å²) in [5.41, 5.74) is 13.4. The van der Waals surface area contributed by atoms with Gasteiger partial charge in [0, 0.05) is 24.8 Å². The topological polar surface area (TPSA) is 107 Å². The van der Waals surface area contributed by atoms with Crippen LogP contribution in [0.5, 0.6) is 0 Å². The summed E-state index contributed by atoms with van der Waals surface area (Å²) in [7, 11) is 0. The fourth-order valence-corrected chi connectivity index (χ4v) is 4.60. The smallest absolute Gasteiger partial charge is 0.252 e. The second-order valence-electron chi connectivity index (χ2n) is 10.3. The molecule has 4 N–H and O–H groups in total. The molecule has 0 saturated heterocycles. The van der Waals surface area contributed by atoms with Crippen LogP contribution in [0.25, 0.3) is 0 Å². The monoisotopic (exact) mass is 425 g/mol. The molecule has 1 saturated carbocycles. The third-order valence-corrected chi connectivity index (χ3v) is 7.27. The van der Waals surface area contributed by atoms with Crippen LogP contribution < -0.4 is 16.4 Å². The van der Waals surface area contributed by atoms with Gasteiger partial charge >= 0.3 is 0 Å². The van der Waals surface area contributed by atoms with E-state index < -0.39 is 5.91 Å². The van der Waals surface area contributed by atoms with Crippen LogP contribution in [-0.2, 0) is 4.74 Å². The zero-order valence-corrected chi connectivity index (χ0v) is 19.7. The van der Waals surface area contributed by atoms with Gasteiger partial charge in [0.25, 0.3) is 5.91 Å². The molecule has 0 aromatic carbocycles. The molecule has 1 amide bonds. The van der Waals surface area contributed by atoms with Crippen LogP contribution in [0, 0.1) is 16.7 Å². The number of aromatic nitrogens is 1. The Bertz CT molecular complexity index is 958. The van der Waals surface area contributed by atoms with Gasteiger partial charge in [0.15, 0.2) is 11.7 Å². The lowest BCUT2D eigenvalue weighted by Crippen LogP contribution is -2.40. The largest absolute Gasteiger partial charge is 0.479 e. The molecule has 0 spiro atoms. The summed E-state index contributed by atoms with van der Waals surface area (Å²) in [4.78, 5) is 23.0. The molecule has 7 heteroatoms. The van der Waals surface area contributed by atoms with Gasteiger partial charge in [0.2, 0.25) is 0 Å². The van der Waals surface area contributed by atoms with E-state index in [2.05, 4.69) is 69.4 Å². The maximum atomic E-state index is 12.0. The Morgan fingerprint density at radius 1 is 1.23 bits per heavy atom. The summed E-state index contributed by atoms with van der Waals surface area (Å²) in [6, 6.07) is 3.34. The molecule has 7 nitrogen and oxygen atoms in total. The van der Waals surface area contributed by atoms with Crippen molar-refractivity contribution in [2.75, 3.05) is 18.1 Å². The summed E-state index contributed by atoms with van der Waals surface area (Å²) < 4.78 is 5.72. The molecule has 0 bridgehead atoms. The second kappa shape index (κ2) is 7.70. The zero-order valence-electron chi connectivity index (χ0n) is 19.7. The molecule has 168 valence electrons. The molecule has 1 fully saturated rings. The maximum absolute atomic E-state index is 12.0. The van der Waals surface area contributed by atoms with Crippen molar-refractivity contribution in [1.82, 2.24) is 4.98 Å². The van der Waals surface area contributed by atoms with Crippen molar-refractivity contribution in [2.24, 2.45) is 33.2 Å². The number of rotatable bonds is 7. The minimum absolute atomic E-state index is 0.250. The first kappa shape index (κ1) is 22.8. The highest BCUT2D eigenvalue weighted by molar-refractivity contribution is 5.98. The summed E-state index contributed by atoms with van der Waals surface area (Å²) in [5.74, 6) is 1.27. The van der Waals surface area contributed by atoms with Crippen molar-refractivity contribution in [3.63, 3.8) is 0 Å². The second-order valence-corrected chi connectivity index (χ2v) is 10.3. The fraction of sp³-hybridized carbons (Fsp3) is 0.542. The number of hydrogen-bond acceptors (Lipinski definition) is 6. The number of allylic oxidation sites excluding steroid dienone is 1. The first-order chi connectivity index (χ1) is 14.3. The van der Waals surface area contributed by atoms with E-state index in [9.17, 15) is 4.79 Å². The van der Waals surface area contributed by atoms with Crippen LogP contribution >= 0.6 is 0 Å². The van der Waals surface area contributed by atoms with Crippen molar-refractivity contribution >= 4 is 23.8 Å². The Balaban J connectivity index is 1.73. The lowest BCUT2D eigenvalue weighted by atomic mass is 10.0. The summed E-state index contributed by atoms with van der Waals surface area (Å²) in [5, 5.41) is 0. The maximum Gasteiger partial charge on any atom is 0.252 e. The van der Waals surface area contributed by atoms with Gasteiger partial charge < -0.3 is 21.1 Å². The predicted molar refractivity (Wildman–Crippen MR) is 125 cm³/mol. The van der Waals surface area contributed by atoms with Crippen molar-refractivity contribution in [1.29, 1.82) is 0 Å². The number of carbonyl (C=O) groups is 1. The Kier molecular flexibility index (Phi) is 5.67. The van der Waals surface area contributed by atoms with Gasteiger partial charge in [-0.05, 0) is 43.7 Å². The van der Waals surface area contributed by atoms with Gasteiger partial charge in [-0.15, -0.1) is 0 Å². The first-order valence-corrected chi connectivity index (χ1v) is 10.7.